The molecule has 0 heterocycles. The number of nitro benzene ring substituents is 1. The number of benzene rings is 4. The Labute approximate surface area is 285 Å². The van der Waals surface area contributed by atoms with E-state index in [4.69, 9.17) is 4.74 Å². The zero-order chi connectivity index (χ0) is 35.7. The molecular formula is C36H39FN4O7S. The number of amides is 2. The van der Waals surface area contributed by atoms with Gasteiger partial charge in [-0.05, 0) is 62.2 Å². The lowest BCUT2D eigenvalue weighted by atomic mass is 10.0. The first-order chi connectivity index (χ1) is 23.3. The van der Waals surface area contributed by atoms with Gasteiger partial charge in [0.1, 0.15) is 24.2 Å². The summed E-state index contributed by atoms with van der Waals surface area (Å²) in [7, 11) is -3.18. The Bertz CT molecular complexity index is 1890. The molecule has 4 aromatic rings. The van der Waals surface area contributed by atoms with Crippen LogP contribution in [0.5, 0.6) is 5.75 Å². The van der Waals surface area contributed by atoms with Crippen molar-refractivity contribution in [3.05, 3.63) is 130 Å². The van der Waals surface area contributed by atoms with Gasteiger partial charge in [-0.3, -0.25) is 24.0 Å². The van der Waals surface area contributed by atoms with Crippen LogP contribution in [-0.4, -0.2) is 55.8 Å². The molecule has 0 aliphatic carbocycles. The fourth-order valence-corrected chi connectivity index (χ4v) is 6.59. The van der Waals surface area contributed by atoms with Gasteiger partial charge in [0.15, 0.2) is 0 Å². The molecule has 258 valence electrons. The summed E-state index contributed by atoms with van der Waals surface area (Å²) in [6.45, 7) is 4.04. The van der Waals surface area contributed by atoms with Crippen molar-refractivity contribution in [3.63, 3.8) is 0 Å². The number of halogens is 1. The Morgan fingerprint density at radius 1 is 0.980 bits per heavy atom. The molecular weight excluding hydrogens is 651 g/mol. The fraction of sp³-hybridized carbons (Fsp3) is 0.278. The van der Waals surface area contributed by atoms with Crippen molar-refractivity contribution in [2.24, 2.45) is 0 Å². The number of hydrogen-bond acceptors (Lipinski definition) is 7. The van der Waals surface area contributed by atoms with Gasteiger partial charge in [-0.15, -0.1) is 0 Å². The van der Waals surface area contributed by atoms with Crippen LogP contribution in [0, 0.1) is 22.9 Å². The summed E-state index contributed by atoms with van der Waals surface area (Å²) in [5.74, 6) is -1.47. The Hall–Kier alpha value is -5.30. The Morgan fingerprint density at radius 3 is 2.24 bits per heavy atom. The molecule has 0 saturated heterocycles. The molecule has 4 rings (SSSR count). The number of carbonyl (C=O) groups is 2. The third kappa shape index (κ3) is 8.99. The van der Waals surface area contributed by atoms with E-state index in [-0.39, 0.29) is 35.8 Å². The maximum absolute atomic E-state index is 15.1. The maximum Gasteiger partial charge on any atom is 0.273 e. The molecule has 13 heteroatoms. The van der Waals surface area contributed by atoms with Crippen molar-refractivity contribution in [3.8, 4) is 5.75 Å². The Kier molecular flexibility index (Phi) is 12.1. The van der Waals surface area contributed by atoms with Crippen LogP contribution in [0.1, 0.15) is 37.0 Å². The van der Waals surface area contributed by atoms with Crippen LogP contribution in [0.3, 0.4) is 0 Å². The first kappa shape index (κ1) is 36.5. The third-order valence-corrected chi connectivity index (χ3v) is 9.95. The fourth-order valence-electron chi connectivity index (χ4n) is 5.16. The number of rotatable bonds is 15. The number of ether oxygens (including phenoxy) is 1. The highest BCUT2D eigenvalue weighted by Crippen LogP contribution is 2.30. The first-order valence-electron chi connectivity index (χ1n) is 15.6. The Balaban J connectivity index is 1.85. The van der Waals surface area contributed by atoms with Crippen molar-refractivity contribution in [1.29, 1.82) is 0 Å². The second-order valence-electron chi connectivity index (χ2n) is 11.6. The van der Waals surface area contributed by atoms with E-state index >= 15 is 4.39 Å². The molecule has 0 fully saturated rings. The van der Waals surface area contributed by atoms with Gasteiger partial charge in [0.2, 0.25) is 11.8 Å². The molecule has 0 bridgehead atoms. The number of carbonyl (C=O) groups excluding carboxylic acids is 2. The van der Waals surface area contributed by atoms with Crippen LogP contribution in [-0.2, 0) is 32.6 Å². The number of methoxy groups -OCH3 is 1. The van der Waals surface area contributed by atoms with E-state index in [1.165, 1.54) is 73.5 Å². The Morgan fingerprint density at radius 2 is 1.63 bits per heavy atom. The van der Waals surface area contributed by atoms with Crippen molar-refractivity contribution in [2.75, 3.05) is 18.0 Å². The summed E-state index contributed by atoms with van der Waals surface area (Å²) < 4.78 is 49.7. The standard InChI is InChI=1S/C36H39FN4O7S/c1-5-26(3)38-36(43)34(21-27-11-7-6-8-12-27)39(23-28-13-9-10-14-32(28)37)35(42)24-40(29-16-18-30(48-4)19-17-29)49(46,47)31-20-15-25(2)33(22-31)41(44)45/h6-20,22,26,34H,5,21,23-24H2,1-4H3,(H,38,43)/t26-,34-/m0/s1. The summed E-state index contributed by atoms with van der Waals surface area (Å²) in [5.41, 5.74) is 0.756. The van der Waals surface area contributed by atoms with Crippen molar-refractivity contribution >= 4 is 33.2 Å². The molecule has 11 nitrogen and oxygen atoms in total. The highest BCUT2D eigenvalue weighted by Gasteiger charge is 2.36. The van der Waals surface area contributed by atoms with Crippen molar-refractivity contribution < 1.29 is 32.1 Å². The zero-order valence-corrected chi connectivity index (χ0v) is 28.5. The molecule has 2 atom stereocenters. The summed E-state index contributed by atoms with van der Waals surface area (Å²) in [4.78, 5) is 40.3. The summed E-state index contributed by atoms with van der Waals surface area (Å²) in [6.07, 6.45) is 0.667. The predicted molar refractivity (Wildman–Crippen MR) is 184 cm³/mol. The second kappa shape index (κ2) is 16.2. The summed E-state index contributed by atoms with van der Waals surface area (Å²) in [5, 5.41) is 14.6. The molecule has 49 heavy (non-hydrogen) atoms. The van der Waals surface area contributed by atoms with E-state index in [1.807, 2.05) is 19.9 Å². The van der Waals surface area contributed by atoms with Crippen LogP contribution >= 0.6 is 0 Å². The van der Waals surface area contributed by atoms with Gasteiger partial charge >= 0.3 is 0 Å². The van der Waals surface area contributed by atoms with E-state index in [0.29, 0.717) is 12.2 Å². The smallest absolute Gasteiger partial charge is 0.273 e. The lowest BCUT2D eigenvalue weighted by Gasteiger charge is -2.34. The molecule has 0 aromatic heterocycles. The van der Waals surface area contributed by atoms with Gasteiger partial charge in [0, 0.05) is 36.2 Å². The van der Waals surface area contributed by atoms with Gasteiger partial charge in [-0.25, -0.2) is 12.8 Å². The van der Waals surface area contributed by atoms with E-state index in [2.05, 4.69) is 5.32 Å². The first-order valence-corrected chi connectivity index (χ1v) is 17.1. The van der Waals surface area contributed by atoms with Crippen LogP contribution in [0.2, 0.25) is 0 Å². The SMILES string of the molecule is CC[C@H](C)NC(=O)[C@H](Cc1ccccc1)N(Cc1ccccc1F)C(=O)CN(c1ccc(OC)cc1)S(=O)(=O)c1ccc(C)c([N+](=O)[O-])c1. The maximum atomic E-state index is 15.1. The molecule has 0 aliphatic rings. The minimum Gasteiger partial charge on any atom is -0.497 e. The van der Waals surface area contributed by atoms with E-state index in [0.717, 1.165) is 15.9 Å². The number of nitro groups is 1. The number of nitrogens with one attached hydrogen (secondary N) is 1. The van der Waals surface area contributed by atoms with Gasteiger partial charge in [-0.1, -0.05) is 61.5 Å². The molecule has 1 N–H and O–H groups in total. The molecule has 0 aliphatic heterocycles. The molecule has 2 amide bonds. The number of aryl methyl sites for hydroxylation is 1. The van der Waals surface area contributed by atoms with Crippen LogP contribution < -0.4 is 14.4 Å². The molecule has 0 unspecified atom stereocenters. The van der Waals surface area contributed by atoms with Gasteiger partial charge in [-0.2, -0.15) is 0 Å². The monoisotopic (exact) mass is 690 g/mol. The quantitative estimate of drug-likeness (QED) is 0.123. The van der Waals surface area contributed by atoms with E-state index in [9.17, 15) is 28.1 Å². The zero-order valence-electron chi connectivity index (χ0n) is 27.7. The normalized spacial score (nSPS) is 12.4. The lowest BCUT2D eigenvalue weighted by Crippen LogP contribution is -2.54. The lowest BCUT2D eigenvalue weighted by molar-refractivity contribution is -0.385. The van der Waals surface area contributed by atoms with Crippen LogP contribution in [0.15, 0.2) is 102 Å². The van der Waals surface area contributed by atoms with Gasteiger partial charge in [0.25, 0.3) is 15.7 Å². The van der Waals surface area contributed by atoms with Gasteiger partial charge in [0.05, 0.1) is 22.6 Å². The highest BCUT2D eigenvalue weighted by atomic mass is 32.2. The van der Waals surface area contributed by atoms with Crippen molar-refractivity contribution in [2.45, 2.75) is 57.1 Å². The predicted octanol–water partition coefficient (Wildman–Crippen LogP) is 5.80. The highest BCUT2D eigenvalue weighted by molar-refractivity contribution is 7.92. The van der Waals surface area contributed by atoms with Crippen molar-refractivity contribution in [1.82, 2.24) is 10.2 Å². The average molecular weight is 691 g/mol. The van der Waals surface area contributed by atoms with Gasteiger partial charge < -0.3 is 15.0 Å². The molecule has 0 radical (unpaired) electrons. The topological polar surface area (TPSA) is 139 Å². The minimum absolute atomic E-state index is 0.0583. The number of sulfonamides is 1. The van der Waals surface area contributed by atoms with Crippen LogP contribution in [0.25, 0.3) is 0 Å². The second-order valence-corrected chi connectivity index (χ2v) is 13.4. The summed E-state index contributed by atoms with van der Waals surface area (Å²) in [6, 6.07) is 22.8. The number of hydrogen-bond donors (Lipinski definition) is 1. The summed E-state index contributed by atoms with van der Waals surface area (Å²) >= 11 is 0. The third-order valence-electron chi connectivity index (χ3n) is 8.18. The molecule has 0 spiro atoms. The average Bonchev–Trinajstić information content (AvgIpc) is 3.09. The molecule has 4 aromatic carbocycles. The van der Waals surface area contributed by atoms with E-state index in [1.54, 1.807) is 30.3 Å². The number of nitrogens with zero attached hydrogens (tertiary/aromatic N) is 3. The van der Waals surface area contributed by atoms with Crippen LogP contribution in [0.4, 0.5) is 15.8 Å². The largest absolute Gasteiger partial charge is 0.497 e. The van der Waals surface area contributed by atoms with E-state index < -0.39 is 55.7 Å². The molecule has 0 saturated carbocycles. The number of anilines is 1. The minimum atomic E-state index is -4.62.